The highest BCUT2D eigenvalue weighted by Gasteiger charge is 2.41. The van der Waals surface area contributed by atoms with E-state index in [1.54, 1.807) is 0 Å². The smallest absolute Gasteiger partial charge is 0.407 e. The maximum atomic E-state index is 11.9. The lowest BCUT2D eigenvalue weighted by molar-refractivity contribution is 0.00460. The number of hydrogen-bond donors (Lipinski definition) is 3. The normalized spacial score (nSPS) is 35.9. The summed E-state index contributed by atoms with van der Waals surface area (Å²) in [4.78, 5) is 11.9. The molecule has 0 radical (unpaired) electrons. The van der Waals surface area contributed by atoms with Gasteiger partial charge < -0.3 is 14.8 Å². The number of carbonyl (C=O) groups excluding carboxylic acids is 1. The van der Waals surface area contributed by atoms with E-state index in [9.17, 15) is 4.79 Å². The van der Waals surface area contributed by atoms with E-state index < -0.39 is 0 Å². The molecule has 5 unspecified atom stereocenters. The molecule has 1 aliphatic carbocycles. The molecule has 1 aromatic rings. The SMILES string of the molecule is CC1CCOC2CCC3NNC(c4cccc(c4)COC(=O)N1)C3C2. The summed E-state index contributed by atoms with van der Waals surface area (Å²) in [5.74, 6) is 0.525. The Morgan fingerprint density at radius 2 is 2.08 bits per heavy atom. The van der Waals surface area contributed by atoms with Crippen molar-refractivity contribution in [1.82, 2.24) is 16.2 Å². The summed E-state index contributed by atoms with van der Waals surface area (Å²) < 4.78 is 11.5. The molecule has 2 fully saturated rings. The molecule has 136 valence electrons. The fourth-order valence-corrected chi connectivity index (χ4v) is 4.25. The highest BCUT2D eigenvalue weighted by molar-refractivity contribution is 5.67. The van der Waals surface area contributed by atoms with Crippen molar-refractivity contribution in [2.24, 2.45) is 5.92 Å². The molecule has 0 spiro atoms. The topological polar surface area (TPSA) is 71.6 Å². The lowest BCUT2D eigenvalue weighted by Gasteiger charge is -2.33. The summed E-state index contributed by atoms with van der Waals surface area (Å²) >= 11 is 0. The van der Waals surface area contributed by atoms with Gasteiger partial charge >= 0.3 is 6.09 Å². The zero-order valence-electron chi connectivity index (χ0n) is 14.7. The van der Waals surface area contributed by atoms with Crippen LogP contribution in [0.4, 0.5) is 4.79 Å². The Balaban J connectivity index is 1.57. The van der Waals surface area contributed by atoms with Gasteiger partial charge in [0.05, 0.1) is 12.1 Å². The van der Waals surface area contributed by atoms with Gasteiger partial charge in [-0.3, -0.25) is 5.43 Å². The van der Waals surface area contributed by atoms with Gasteiger partial charge in [-0.15, -0.1) is 0 Å². The molecule has 3 aliphatic rings. The first-order valence-electron chi connectivity index (χ1n) is 9.34. The van der Waals surface area contributed by atoms with Crippen molar-refractivity contribution in [2.75, 3.05) is 6.61 Å². The number of carbonyl (C=O) groups is 1. The number of nitrogens with one attached hydrogen (secondary N) is 3. The maximum Gasteiger partial charge on any atom is 0.407 e. The number of hydrogen-bond acceptors (Lipinski definition) is 5. The molecule has 3 N–H and O–H groups in total. The number of cyclic esters (lactones) is 1. The summed E-state index contributed by atoms with van der Waals surface area (Å²) in [6.07, 6.45) is 4.02. The minimum absolute atomic E-state index is 0.0443. The van der Waals surface area contributed by atoms with Crippen LogP contribution in [0.2, 0.25) is 0 Å². The van der Waals surface area contributed by atoms with Gasteiger partial charge in [-0.25, -0.2) is 10.2 Å². The monoisotopic (exact) mass is 345 g/mol. The number of amides is 1. The quantitative estimate of drug-likeness (QED) is 0.673. The zero-order valence-corrected chi connectivity index (χ0v) is 14.7. The van der Waals surface area contributed by atoms with Crippen LogP contribution < -0.4 is 16.2 Å². The van der Waals surface area contributed by atoms with Crippen LogP contribution >= 0.6 is 0 Å². The van der Waals surface area contributed by atoms with Crippen molar-refractivity contribution in [3.8, 4) is 0 Å². The van der Waals surface area contributed by atoms with Crippen molar-refractivity contribution >= 4 is 6.09 Å². The van der Waals surface area contributed by atoms with Crippen molar-refractivity contribution in [3.05, 3.63) is 35.4 Å². The molecular weight excluding hydrogens is 318 g/mol. The third-order valence-corrected chi connectivity index (χ3v) is 5.65. The lowest BCUT2D eigenvalue weighted by atomic mass is 9.78. The number of benzene rings is 1. The van der Waals surface area contributed by atoms with E-state index in [0.29, 0.717) is 31.3 Å². The largest absolute Gasteiger partial charge is 0.445 e. The highest BCUT2D eigenvalue weighted by atomic mass is 16.5. The van der Waals surface area contributed by atoms with Crippen LogP contribution in [0.3, 0.4) is 0 Å². The van der Waals surface area contributed by atoms with E-state index in [2.05, 4.69) is 28.3 Å². The Bertz CT molecular complexity index is 624. The van der Waals surface area contributed by atoms with Crippen molar-refractivity contribution in [2.45, 2.75) is 63.4 Å². The van der Waals surface area contributed by atoms with Gasteiger partial charge in [0.15, 0.2) is 0 Å². The summed E-state index contributed by atoms with van der Waals surface area (Å²) in [5.41, 5.74) is 9.21. The summed E-state index contributed by atoms with van der Waals surface area (Å²) in [6, 6.07) is 9.15. The van der Waals surface area contributed by atoms with E-state index in [1.807, 2.05) is 19.1 Å². The predicted molar refractivity (Wildman–Crippen MR) is 93.7 cm³/mol. The van der Waals surface area contributed by atoms with Gasteiger partial charge in [-0.1, -0.05) is 24.3 Å². The minimum atomic E-state index is -0.368. The van der Waals surface area contributed by atoms with E-state index in [-0.39, 0.29) is 18.2 Å². The average molecular weight is 345 g/mol. The summed E-state index contributed by atoms with van der Waals surface area (Å²) in [5, 5.41) is 2.88. The molecule has 5 atom stereocenters. The van der Waals surface area contributed by atoms with Gasteiger partial charge in [0, 0.05) is 18.7 Å². The molecule has 4 bridgehead atoms. The van der Waals surface area contributed by atoms with E-state index in [0.717, 1.165) is 31.2 Å². The van der Waals surface area contributed by atoms with Gasteiger partial charge in [0.2, 0.25) is 0 Å². The van der Waals surface area contributed by atoms with Crippen LogP contribution in [-0.2, 0) is 16.1 Å². The van der Waals surface area contributed by atoms with E-state index in [1.165, 1.54) is 5.56 Å². The molecule has 25 heavy (non-hydrogen) atoms. The number of rotatable bonds is 0. The maximum absolute atomic E-state index is 11.9. The van der Waals surface area contributed by atoms with Gasteiger partial charge in [0.1, 0.15) is 6.61 Å². The van der Waals surface area contributed by atoms with Crippen LogP contribution in [-0.4, -0.2) is 30.9 Å². The molecule has 1 aromatic carbocycles. The van der Waals surface area contributed by atoms with Crippen LogP contribution in [0.15, 0.2) is 24.3 Å². The van der Waals surface area contributed by atoms with Crippen molar-refractivity contribution in [3.63, 3.8) is 0 Å². The second-order valence-corrected chi connectivity index (χ2v) is 7.50. The Labute approximate surface area is 148 Å². The Hall–Kier alpha value is -1.63. The third-order valence-electron chi connectivity index (χ3n) is 5.65. The van der Waals surface area contributed by atoms with Crippen molar-refractivity contribution in [1.29, 1.82) is 0 Å². The summed E-state index contributed by atoms with van der Waals surface area (Å²) in [7, 11) is 0. The minimum Gasteiger partial charge on any atom is -0.445 e. The number of hydrazine groups is 1. The van der Waals surface area contributed by atoms with Gasteiger partial charge in [-0.05, 0) is 49.7 Å². The second kappa shape index (κ2) is 7.32. The standard InChI is InChI=1S/C19H27N3O3/c1-12-7-8-24-15-5-6-17-16(10-15)18(22-21-17)14-4-2-3-13(9-14)11-25-19(23)20-12/h2-4,9,12,15-18,21-22H,5-8,10-11H2,1H3,(H,20,23). The number of ether oxygens (including phenoxy) is 2. The van der Waals surface area contributed by atoms with Crippen molar-refractivity contribution < 1.29 is 14.3 Å². The van der Waals surface area contributed by atoms with E-state index in [4.69, 9.17) is 9.47 Å². The highest BCUT2D eigenvalue weighted by Crippen LogP contribution is 2.39. The molecule has 6 heteroatoms. The van der Waals surface area contributed by atoms with Crippen LogP contribution in [0.25, 0.3) is 0 Å². The van der Waals surface area contributed by atoms with E-state index >= 15 is 0 Å². The van der Waals surface area contributed by atoms with Crippen LogP contribution in [0.1, 0.15) is 49.8 Å². The summed E-state index contributed by atoms with van der Waals surface area (Å²) in [6.45, 7) is 2.95. The molecule has 6 nitrogen and oxygen atoms in total. The van der Waals surface area contributed by atoms with Gasteiger partial charge in [0.25, 0.3) is 0 Å². The molecule has 1 amide bonds. The van der Waals surface area contributed by atoms with Gasteiger partial charge in [-0.2, -0.15) is 0 Å². The second-order valence-electron chi connectivity index (χ2n) is 7.50. The molecule has 0 aromatic heterocycles. The molecule has 1 saturated heterocycles. The fraction of sp³-hybridized carbons (Fsp3) is 0.632. The Morgan fingerprint density at radius 3 is 3.00 bits per heavy atom. The average Bonchev–Trinajstić information content (AvgIpc) is 3.03. The third kappa shape index (κ3) is 3.81. The molecule has 2 heterocycles. The molecule has 2 aliphatic heterocycles. The molecule has 4 rings (SSSR count). The Morgan fingerprint density at radius 1 is 1.16 bits per heavy atom. The number of fused-ring (bicyclic) bond motifs is 4. The zero-order chi connectivity index (χ0) is 17.2. The molecule has 1 saturated carbocycles. The lowest BCUT2D eigenvalue weighted by Crippen LogP contribution is -2.38. The van der Waals surface area contributed by atoms with Crippen LogP contribution in [0, 0.1) is 5.92 Å². The molecular formula is C19H27N3O3. The predicted octanol–water partition coefficient (Wildman–Crippen LogP) is 2.41. The number of alkyl carbamates (subject to hydrolysis) is 1. The first kappa shape index (κ1) is 16.8. The fourth-order valence-electron chi connectivity index (χ4n) is 4.25. The first-order chi connectivity index (χ1) is 12.2. The Kier molecular flexibility index (Phi) is 4.92. The first-order valence-corrected chi connectivity index (χ1v) is 9.34. The van der Waals surface area contributed by atoms with Crippen LogP contribution in [0.5, 0.6) is 0 Å².